The van der Waals surface area contributed by atoms with Crippen LogP contribution in [0.2, 0.25) is 5.02 Å². The fraction of sp³-hybridized carbons (Fsp3) is 0.0476. The van der Waals surface area contributed by atoms with E-state index in [0.29, 0.717) is 16.9 Å². The predicted octanol–water partition coefficient (Wildman–Crippen LogP) is 4.29. The van der Waals surface area contributed by atoms with Crippen LogP contribution in [0.5, 0.6) is 0 Å². The highest BCUT2D eigenvalue weighted by Gasteiger charge is 2.22. The summed E-state index contributed by atoms with van der Waals surface area (Å²) in [5, 5.41) is 11.8. The first-order valence-electron chi connectivity index (χ1n) is 8.48. The number of hydrogen-bond donors (Lipinski definition) is 1. The molecule has 0 aliphatic rings. The number of nitrogens with zero attached hydrogens (tertiary/aromatic N) is 2. The fourth-order valence-electron chi connectivity index (χ4n) is 2.62. The van der Waals surface area contributed by atoms with Crippen molar-refractivity contribution in [2.24, 2.45) is 0 Å². The largest absolute Gasteiger partial charge is 0.322 e. The maximum atomic E-state index is 12.9. The molecule has 0 aliphatic carbocycles. The Hall–Kier alpha value is -3.34. The summed E-state index contributed by atoms with van der Waals surface area (Å²) in [7, 11) is -2.39. The van der Waals surface area contributed by atoms with Gasteiger partial charge in [-0.15, -0.1) is 0 Å². The van der Waals surface area contributed by atoms with Gasteiger partial charge >= 0.3 is 0 Å². The van der Waals surface area contributed by atoms with E-state index in [1.54, 1.807) is 36.4 Å². The maximum absolute atomic E-state index is 12.9. The molecule has 0 aliphatic heterocycles. The van der Waals surface area contributed by atoms with Crippen molar-refractivity contribution in [3.8, 4) is 6.07 Å². The van der Waals surface area contributed by atoms with Crippen LogP contribution in [0.25, 0.3) is 0 Å². The zero-order valence-electron chi connectivity index (χ0n) is 15.3. The molecule has 1 amide bonds. The normalized spacial score (nSPS) is 10.8. The Labute approximate surface area is 174 Å². The highest BCUT2D eigenvalue weighted by Crippen LogP contribution is 2.24. The van der Waals surface area contributed by atoms with Crippen molar-refractivity contribution >= 4 is 38.9 Å². The van der Waals surface area contributed by atoms with Gasteiger partial charge in [0.1, 0.15) is 6.07 Å². The van der Waals surface area contributed by atoms with Gasteiger partial charge in [-0.25, -0.2) is 8.42 Å². The second-order valence-corrected chi connectivity index (χ2v) is 8.47. The lowest BCUT2D eigenvalue weighted by Gasteiger charge is -2.19. The van der Waals surface area contributed by atoms with E-state index in [-0.39, 0.29) is 15.5 Å². The lowest BCUT2D eigenvalue weighted by Crippen LogP contribution is -2.26. The minimum atomic E-state index is -3.84. The quantitative estimate of drug-likeness (QED) is 0.660. The highest BCUT2D eigenvalue weighted by atomic mass is 35.5. The number of rotatable bonds is 5. The molecule has 1 N–H and O–H groups in total. The molecule has 0 aromatic heterocycles. The summed E-state index contributed by atoms with van der Waals surface area (Å²) >= 11 is 5.98. The second kappa shape index (κ2) is 8.35. The van der Waals surface area contributed by atoms with E-state index in [0.717, 1.165) is 4.31 Å². The number of para-hydroxylation sites is 1. The molecule has 0 radical (unpaired) electrons. The average molecular weight is 426 g/mol. The van der Waals surface area contributed by atoms with E-state index in [9.17, 15) is 13.2 Å². The Morgan fingerprint density at radius 2 is 1.76 bits per heavy atom. The first-order chi connectivity index (χ1) is 13.8. The summed E-state index contributed by atoms with van der Waals surface area (Å²) < 4.78 is 27.0. The number of hydrogen-bond acceptors (Lipinski definition) is 4. The zero-order valence-corrected chi connectivity index (χ0v) is 16.9. The van der Waals surface area contributed by atoms with E-state index in [2.05, 4.69) is 5.32 Å². The van der Waals surface area contributed by atoms with Crippen LogP contribution in [-0.2, 0) is 10.0 Å². The molecule has 0 heterocycles. The van der Waals surface area contributed by atoms with Gasteiger partial charge in [-0.3, -0.25) is 9.10 Å². The molecule has 3 aromatic rings. The lowest BCUT2D eigenvalue weighted by atomic mass is 10.2. The first kappa shape index (κ1) is 20.4. The lowest BCUT2D eigenvalue weighted by molar-refractivity contribution is 0.102. The van der Waals surface area contributed by atoms with E-state index in [1.807, 2.05) is 6.07 Å². The minimum Gasteiger partial charge on any atom is -0.322 e. The average Bonchev–Trinajstić information content (AvgIpc) is 2.74. The summed E-state index contributed by atoms with van der Waals surface area (Å²) in [6.07, 6.45) is 0. The number of carbonyl (C=O) groups is 1. The summed E-state index contributed by atoms with van der Waals surface area (Å²) in [5.74, 6) is -0.495. The van der Waals surface area contributed by atoms with Crippen molar-refractivity contribution in [3.05, 3.63) is 88.9 Å². The minimum absolute atomic E-state index is 0.00522. The summed E-state index contributed by atoms with van der Waals surface area (Å²) in [4.78, 5) is 12.6. The van der Waals surface area contributed by atoms with Gasteiger partial charge in [-0.2, -0.15) is 5.26 Å². The van der Waals surface area contributed by atoms with Crippen molar-refractivity contribution in [1.29, 1.82) is 5.26 Å². The topological polar surface area (TPSA) is 90.3 Å². The Morgan fingerprint density at radius 3 is 2.41 bits per heavy atom. The number of anilines is 2. The number of carbonyl (C=O) groups excluding carboxylic acids is 1. The van der Waals surface area contributed by atoms with E-state index in [1.165, 1.54) is 43.4 Å². The summed E-state index contributed by atoms with van der Waals surface area (Å²) in [6.45, 7) is 0. The van der Waals surface area contributed by atoms with Crippen LogP contribution in [0.4, 0.5) is 11.4 Å². The smallest absolute Gasteiger partial charge is 0.264 e. The van der Waals surface area contributed by atoms with Crippen LogP contribution in [0.15, 0.2) is 77.7 Å². The molecular weight excluding hydrogens is 410 g/mol. The molecule has 0 bridgehead atoms. The molecule has 6 nitrogen and oxygen atoms in total. The van der Waals surface area contributed by atoms with Gasteiger partial charge in [0.15, 0.2) is 0 Å². The van der Waals surface area contributed by atoms with Crippen LogP contribution < -0.4 is 9.62 Å². The Bertz CT molecular complexity index is 1210. The van der Waals surface area contributed by atoms with Crippen molar-refractivity contribution < 1.29 is 13.2 Å². The van der Waals surface area contributed by atoms with Crippen molar-refractivity contribution in [2.45, 2.75) is 4.90 Å². The number of nitrogens with one attached hydrogen (secondary N) is 1. The van der Waals surface area contributed by atoms with Gasteiger partial charge in [0.25, 0.3) is 15.9 Å². The predicted molar refractivity (Wildman–Crippen MR) is 113 cm³/mol. The molecule has 3 rings (SSSR count). The molecular formula is C21H16ClN3O3S. The number of sulfonamides is 1. The number of halogens is 1. The van der Waals surface area contributed by atoms with Gasteiger partial charge in [-0.05, 0) is 48.5 Å². The first-order valence-corrected chi connectivity index (χ1v) is 10.3. The van der Waals surface area contributed by atoms with Gasteiger partial charge in [0.2, 0.25) is 0 Å². The number of benzene rings is 3. The third-order valence-corrected chi connectivity index (χ3v) is 6.32. The van der Waals surface area contributed by atoms with Crippen LogP contribution in [0.1, 0.15) is 15.9 Å². The van der Waals surface area contributed by atoms with Crippen molar-refractivity contribution in [3.63, 3.8) is 0 Å². The molecule has 3 aromatic carbocycles. The van der Waals surface area contributed by atoms with Gasteiger partial charge in [0, 0.05) is 18.3 Å². The van der Waals surface area contributed by atoms with E-state index in [4.69, 9.17) is 16.9 Å². The second-order valence-electron chi connectivity index (χ2n) is 6.10. The SMILES string of the molecule is CN(c1ccccc1)S(=O)(=O)c1cccc(C(=O)Nc2ccc(C#N)c(Cl)c2)c1. The third kappa shape index (κ3) is 4.40. The Kier molecular flexibility index (Phi) is 5.87. The standard InChI is InChI=1S/C21H16ClN3O3S/c1-25(18-7-3-2-4-8-18)29(27,28)19-9-5-6-15(12-19)21(26)24-17-11-10-16(14-23)20(22)13-17/h2-13H,1H3,(H,24,26). The Morgan fingerprint density at radius 1 is 1.03 bits per heavy atom. The van der Waals surface area contributed by atoms with E-state index >= 15 is 0 Å². The van der Waals surface area contributed by atoms with Gasteiger partial charge in [0.05, 0.1) is 21.2 Å². The van der Waals surface area contributed by atoms with Crippen LogP contribution in [0.3, 0.4) is 0 Å². The molecule has 0 saturated heterocycles. The van der Waals surface area contributed by atoms with E-state index < -0.39 is 15.9 Å². The van der Waals surface area contributed by atoms with Crippen molar-refractivity contribution in [2.75, 3.05) is 16.7 Å². The highest BCUT2D eigenvalue weighted by molar-refractivity contribution is 7.92. The molecule has 0 atom stereocenters. The number of amides is 1. The molecule has 0 saturated carbocycles. The van der Waals surface area contributed by atoms with Gasteiger partial charge < -0.3 is 5.32 Å². The molecule has 0 unspecified atom stereocenters. The van der Waals surface area contributed by atoms with Crippen LogP contribution in [-0.4, -0.2) is 21.4 Å². The number of nitriles is 1. The van der Waals surface area contributed by atoms with Crippen LogP contribution >= 0.6 is 11.6 Å². The summed E-state index contributed by atoms with van der Waals surface area (Å²) in [6, 6.07) is 20.9. The molecule has 29 heavy (non-hydrogen) atoms. The fourth-order valence-corrected chi connectivity index (χ4v) is 4.08. The third-order valence-electron chi connectivity index (χ3n) is 4.22. The molecule has 146 valence electrons. The zero-order chi connectivity index (χ0) is 21.0. The van der Waals surface area contributed by atoms with Crippen LogP contribution in [0, 0.1) is 11.3 Å². The molecule has 0 spiro atoms. The van der Waals surface area contributed by atoms with Crippen molar-refractivity contribution in [1.82, 2.24) is 0 Å². The maximum Gasteiger partial charge on any atom is 0.264 e. The Balaban J connectivity index is 1.86. The summed E-state index contributed by atoms with van der Waals surface area (Å²) in [5.41, 5.74) is 1.37. The molecule has 0 fully saturated rings. The van der Waals surface area contributed by atoms with Gasteiger partial charge in [-0.1, -0.05) is 35.9 Å². The monoisotopic (exact) mass is 425 g/mol. The molecule has 8 heteroatoms.